The van der Waals surface area contributed by atoms with E-state index in [2.05, 4.69) is 46.6 Å². The van der Waals surface area contributed by atoms with E-state index in [1.54, 1.807) is 0 Å². The number of hydrogen-bond acceptors (Lipinski definition) is 2. The van der Waals surface area contributed by atoms with Crippen molar-refractivity contribution in [2.75, 3.05) is 13.6 Å². The van der Waals surface area contributed by atoms with Gasteiger partial charge in [-0.05, 0) is 56.5 Å². The highest BCUT2D eigenvalue weighted by Crippen LogP contribution is 2.40. The number of nitrogens with zero attached hydrogens (tertiary/aromatic N) is 1. The van der Waals surface area contributed by atoms with Crippen LogP contribution in [-0.4, -0.2) is 30.6 Å². The Morgan fingerprint density at radius 3 is 2.39 bits per heavy atom. The molecule has 1 saturated carbocycles. The van der Waals surface area contributed by atoms with Crippen LogP contribution in [0.1, 0.15) is 60.3 Å². The molecule has 2 nitrogen and oxygen atoms in total. The molecule has 0 radical (unpaired) electrons. The molecule has 0 bridgehead atoms. The van der Waals surface area contributed by atoms with Crippen LogP contribution < -0.4 is 5.73 Å². The molecule has 2 heteroatoms. The minimum Gasteiger partial charge on any atom is -0.327 e. The lowest BCUT2D eigenvalue weighted by molar-refractivity contribution is 0.0804. The molecule has 1 aliphatic rings. The maximum atomic E-state index is 6.15. The highest BCUT2D eigenvalue weighted by molar-refractivity contribution is 4.87. The minimum atomic E-state index is 0.349. The molecule has 1 aliphatic carbocycles. The maximum absolute atomic E-state index is 6.15. The highest BCUT2D eigenvalue weighted by Gasteiger charge is 2.33. The van der Waals surface area contributed by atoms with Crippen molar-refractivity contribution >= 4 is 0 Å². The summed E-state index contributed by atoms with van der Waals surface area (Å²) in [4.78, 5) is 2.56. The van der Waals surface area contributed by atoms with Gasteiger partial charge in [-0.1, -0.05) is 34.6 Å². The summed E-state index contributed by atoms with van der Waals surface area (Å²) in [5.74, 6) is 1.46. The van der Waals surface area contributed by atoms with Crippen LogP contribution in [0.15, 0.2) is 0 Å². The molecule has 0 aliphatic heterocycles. The Balaban J connectivity index is 2.43. The summed E-state index contributed by atoms with van der Waals surface area (Å²) >= 11 is 0. The van der Waals surface area contributed by atoms with E-state index in [0.717, 1.165) is 24.9 Å². The predicted molar refractivity (Wildman–Crippen MR) is 80.6 cm³/mol. The van der Waals surface area contributed by atoms with Gasteiger partial charge in [0.25, 0.3) is 0 Å². The maximum Gasteiger partial charge on any atom is 0.00998 e. The molecule has 3 unspecified atom stereocenters. The van der Waals surface area contributed by atoms with Crippen molar-refractivity contribution in [3.05, 3.63) is 0 Å². The Kier molecular flexibility index (Phi) is 5.67. The molecular weight excluding hydrogens is 220 g/mol. The van der Waals surface area contributed by atoms with Crippen molar-refractivity contribution in [2.45, 2.75) is 72.4 Å². The predicted octanol–water partition coefficient (Wildman–Crippen LogP) is 3.51. The zero-order chi connectivity index (χ0) is 13.9. The van der Waals surface area contributed by atoms with E-state index in [1.165, 1.54) is 19.3 Å². The average Bonchev–Trinajstić information content (AvgIpc) is 2.22. The molecule has 0 aromatic carbocycles. The Morgan fingerprint density at radius 2 is 1.89 bits per heavy atom. The molecule has 0 heterocycles. The largest absolute Gasteiger partial charge is 0.327 e. The molecule has 3 atom stereocenters. The molecule has 108 valence electrons. The van der Waals surface area contributed by atoms with Crippen LogP contribution in [0.2, 0.25) is 0 Å². The van der Waals surface area contributed by atoms with Crippen molar-refractivity contribution in [2.24, 2.45) is 23.0 Å². The number of hydrogen-bond donors (Lipinski definition) is 1. The van der Waals surface area contributed by atoms with Gasteiger partial charge < -0.3 is 10.6 Å². The van der Waals surface area contributed by atoms with Gasteiger partial charge in [-0.3, -0.25) is 0 Å². The zero-order valence-corrected chi connectivity index (χ0v) is 13.4. The Bertz CT molecular complexity index is 247. The summed E-state index contributed by atoms with van der Waals surface area (Å²) in [6.45, 7) is 12.8. The van der Waals surface area contributed by atoms with E-state index in [-0.39, 0.29) is 0 Å². The molecule has 0 saturated heterocycles. The molecule has 0 spiro atoms. The second-order valence-corrected chi connectivity index (χ2v) is 7.74. The van der Waals surface area contributed by atoms with Crippen LogP contribution in [0, 0.1) is 17.3 Å². The van der Waals surface area contributed by atoms with Gasteiger partial charge in [0.1, 0.15) is 0 Å². The minimum absolute atomic E-state index is 0.349. The fourth-order valence-electron chi connectivity index (χ4n) is 3.50. The standard InChI is InChI=1S/C16H34N2/c1-12(2)15(17)7-8-18(6)14-9-13(3)10-16(4,5)11-14/h12-15H,7-11,17H2,1-6H3. The fraction of sp³-hybridized carbons (Fsp3) is 1.00. The van der Waals surface area contributed by atoms with Crippen LogP contribution in [0.5, 0.6) is 0 Å². The van der Waals surface area contributed by atoms with Gasteiger partial charge in [0.2, 0.25) is 0 Å². The third-order valence-corrected chi connectivity index (χ3v) is 4.66. The average molecular weight is 254 g/mol. The van der Waals surface area contributed by atoms with E-state index in [9.17, 15) is 0 Å². The smallest absolute Gasteiger partial charge is 0.00998 e. The van der Waals surface area contributed by atoms with Crippen LogP contribution in [0.4, 0.5) is 0 Å². The molecule has 0 aromatic rings. The topological polar surface area (TPSA) is 29.3 Å². The molecule has 2 N–H and O–H groups in total. The SMILES string of the molecule is CC1CC(N(C)CCC(N)C(C)C)CC(C)(C)C1. The van der Waals surface area contributed by atoms with Gasteiger partial charge in [0.15, 0.2) is 0 Å². The second kappa shape index (κ2) is 6.38. The third kappa shape index (κ3) is 4.89. The van der Waals surface area contributed by atoms with Gasteiger partial charge in [-0.15, -0.1) is 0 Å². The van der Waals surface area contributed by atoms with Crippen molar-refractivity contribution in [1.29, 1.82) is 0 Å². The lowest BCUT2D eigenvalue weighted by atomic mass is 9.70. The van der Waals surface area contributed by atoms with Gasteiger partial charge >= 0.3 is 0 Å². The van der Waals surface area contributed by atoms with Crippen LogP contribution in [-0.2, 0) is 0 Å². The van der Waals surface area contributed by atoms with E-state index < -0.39 is 0 Å². The summed E-state index contributed by atoms with van der Waals surface area (Å²) in [6.07, 6.45) is 5.20. The Morgan fingerprint density at radius 1 is 1.28 bits per heavy atom. The molecular formula is C16H34N2. The van der Waals surface area contributed by atoms with Gasteiger partial charge in [-0.2, -0.15) is 0 Å². The first-order valence-corrected chi connectivity index (χ1v) is 7.67. The van der Waals surface area contributed by atoms with E-state index in [0.29, 0.717) is 17.4 Å². The summed E-state index contributed by atoms with van der Waals surface area (Å²) in [5, 5.41) is 0. The first-order valence-electron chi connectivity index (χ1n) is 7.67. The summed E-state index contributed by atoms with van der Waals surface area (Å²) in [5.41, 5.74) is 6.66. The quantitative estimate of drug-likeness (QED) is 0.813. The van der Waals surface area contributed by atoms with E-state index >= 15 is 0 Å². The molecule has 0 aromatic heterocycles. The van der Waals surface area contributed by atoms with Crippen molar-refractivity contribution in [1.82, 2.24) is 4.90 Å². The van der Waals surface area contributed by atoms with Gasteiger partial charge in [0.05, 0.1) is 0 Å². The molecule has 18 heavy (non-hydrogen) atoms. The number of nitrogens with two attached hydrogens (primary N) is 1. The zero-order valence-electron chi connectivity index (χ0n) is 13.4. The lowest BCUT2D eigenvalue weighted by Gasteiger charge is -2.43. The van der Waals surface area contributed by atoms with Crippen molar-refractivity contribution < 1.29 is 0 Å². The van der Waals surface area contributed by atoms with Crippen molar-refractivity contribution in [3.8, 4) is 0 Å². The second-order valence-electron chi connectivity index (χ2n) is 7.74. The fourth-order valence-corrected chi connectivity index (χ4v) is 3.50. The highest BCUT2D eigenvalue weighted by atomic mass is 15.1. The number of rotatable bonds is 5. The molecule has 1 rings (SSSR count). The first-order chi connectivity index (χ1) is 8.21. The van der Waals surface area contributed by atoms with Gasteiger partial charge in [-0.25, -0.2) is 0 Å². The Labute approximate surface area is 114 Å². The summed E-state index contributed by atoms with van der Waals surface area (Å²) in [6, 6.07) is 1.10. The normalized spacial score (nSPS) is 29.8. The summed E-state index contributed by atoms with van der Waals surface area (Å²) in [7, 11) is 2.28. The van der Waals surface area contributed by atoms with Crippen LogP contribution in [0.3, 0.4) is 0 Å². The Hall–Kier alpha value is -0.0800. The lowest BCUT2D eigenvalue weighted by Crippen LogP contribution is -2.43. The van der Waals surface area contributed by atoms with Crippen LogP contribution >= 0.6 is 0 Å². The third-order valence-electron chi connectivity index (χ3n) is 4.66. The first kappa shape index (κ1) is 16.0. The molecule has 0 amide bonds. The monoisotopic (exact) mass is 254 g/mol. The van der Waals surface area contributed by atoms with Gasteiger partial charge in [0, 0.05) is 12.1 Å². The van der Waals surface area contributed by atoms with E-state index in [1.807, 2.05) is 0 Å². The molecule has 1 fully saturated rings. The van der Waals surface area contributed by atoms with Crippen molar-refractivity contribution in [3.63, 3.8) is 0 Å². The summed E-state index contributed by atoms with van der Waals surface area (Å²) < 4.78 is 0. The van der Waals surface area contributed by atoms with Crippen LogP contribution in [0.25, 0.3) is 0 Å². The van der Waals surface area contributed by atoms with E-state index in [4.69, 9.17) is 5.73 Å².